The smallest absolute Gasteiger partial charge is 0.267 e. The standard InChI is InChI=1S/C45H57F6N7O4/c1-9-24(3)40(60)55-38(43(5,6)7)42(62)58-23-45(50,51)20-30(58)21-56-35-14-12-28(47)17-34(35)54-39(56)37-32(31-13-11-27(46)16-33(31)53-37)18-29-19-44(48,49)22-57(29)41(61)26(10-2)15-36(59)25(4)52-8/h11-14,16-17,24-26,29-30,38,52-53H,9-10,15,18-23H2,1-8H3,(H,55,60)/t24-,25+,26-,29-,30+,38-/m1/s1. The average molecular weight is 874 g/mol. The van der Waals surface area contributed by atoms with Crippen molar-refractivity contribution in [2.75, 3.05) is 20.1 Å². The molecule has 3 N–H and O–H groups in total. The second-order valence-corrected chi connectivity index (χ2v) is 18.3. The SMILES string of the molecule is CC[C@H](CC(=O)[C@H](C)NC)C(=O)N1CC(F)(F)C[C@H]1Cc1c(-c2nc3cc(F)ccc3n2C[C@@H]2CC(F)(F)CN2C(=O)[C@@H](NC(=O)[C@H](C)CC)C(C)(C)C)[nH]c2cc(F)ccc12. The zero-order valence-electron chi connectivity index (χ0n) is 36.5. The topological polar surface area (TPSA) is 132 Å². The first kappa shape index (κ1) is 46.6. The number of hydrogen-bond acceptors (Lipinski definition) is 6. The number of benzene rings is 2. The maximum absolute atomic E-state index is 15.6. The molecule has 17 heteroatoms. The number of amides is 3. The van der Waals surface area contributed by atoms with E-state index in [-0.39, 0.29) is 54.1 Å². The van der Waals surface area contributed by atoms with E-state index in [0.29, 0.717) is 22.9 Å². The van der Waals surface area contributed by atoms with Crippen LogP contribution in [0.1, 0.15) is 86.1 Å². The average Bonchev–Trinajstić information content (AvgIpc) is 3.92. The van der Waals surface area contributed by atoms with Crippen molar-refractivity contribution in [2.45, 2.75) is 130 Å². The molecule has 2 saturated heterocycles. The Kier molecular flexibility index (Phi) is 13.3. The molecule has 0 bridgehead atoms. The van der Waals surface area contributed by atoms with Gasteiger partial charge in [0, 0.05) is 60.7 Å². The van der Waals surface area contributed by atoms with E-state index < -0.39 is 109 Å². The van der Waals surface area contributed by atoms with Crippen LogP contribution in [-0.2, 0) is 32.1 Å². The van der Waals surface area contributed by atoms with Gasteiger partial charge in [0.05, 0.1) is 41.9 Å². The Hall–Kier alpha value is -4.93. The van der Waals surface area contributed by atoms with Gasteiger partial charge in [-0.05, 0) is 74.5 Å². The van der Waals surface area contributed by atoms with Crippen LogP contribution in [0, 0.1) is 28.9 Å². The number of carbonyl (C=O) groups is 4. The number of likely N-dealkylation sites (tertiary alicyclic amines) is 2. The maximum atomic E-state index is 15.6. The lowest BCUT2D eigenvalue weighted by Crippen LogP contribution is -2.57. The van der Waals surface area contributed by atoms with Crippen molar-refractivity contribution in [1.29, 1.82) is 0 Å². The predicted molar refractivity (Wildman–Crippen MR) is 224 cm³/mol. The Bertz CT molecular complexity index is 2340. The van der Waals surface area contributed by atoms with Crippen LogP contribution in [0.15, 0.2) is 36.4 Å². The van der Waals surface area contributed by atoms with Crippen molar-refractivity contribution in [3.05, 3.63) is 53.6 Å². The van der Waals surface area contributed by atoms with Gasteiger partial charge in [0.25, 0.3) is 11.8 Å². The summed E-state index contributed by atoms with van der Waals surface area (Å²) in [6.07, 6.45) is -1.05. The number of imidazole rings is 1. The molecule has 11 nitrogen and oxygen atoms in total. The molecule has 0 radical (unpaired) electrons. The summed E-state index contributed by atoms with van der Waals surface area (Å²) >= 11 is 0. The van der Waals surface area contributed by atoms with Crippen LogP contribution < -0.4 is 10.6 Å². The third-order valence-electron chi connectivity index (χ3n) is 12.6. The predicted octanol–water partition coefficient (Wildman–Crippen LogP) is 7.65. The number of alkyl halides is 4. The number of hydrogen-bond donors (Lipinski definition) is 3. The fourth-order valence-electron chi connectivity index (χ4n) is 8.72. The number of carbonyl (C=O) groups excluding carboxylic acids is 4. The molecular weight excluding hydrogens is 817 g/mol. The molecule has 62 heavy (non-hydrogen) atoms. The first-order chi connectivity index (χ1) is 29.0. The van der Waals surface area contributed by atoms with E-state index in [1.807, 2.05) is 6.92 Å². The number of Topliss-reactive ketones (excluding diaryl/α,β-unsaturated/α-hetero) is 1. The summed E-state index contributed by atoms with van der Waals surface area (Å²) in [6, 6.07) is 3.69. The monoisotopic (exact) mass is 873 g/mol. The first-order valence-corrected chi connectivity index (χ1v) is 21.3. The molecule has 2 fully saturated rings. The molecule has 4 heterocycles. The highest BCUT2D eigenvalue weighted by Crippen LogP contribution is 2.41. The zero-order chi connectivity index (χ0) is 45.6. The van der Waals surface area contributed by atoms with Crippen molar-refractivity contribution in [3.63, 3.8) is 0 Å². The van der Waals surface area contributed by atoms with E-state index in [9.17, 15) is 28.0 Å². The number of likely N-dealkylation sites (N-methyl/N-ethyl adjacent to an activating group) is 1. The molecule has 2 aromatic heterocycles. The van der Waals surface area contributed by atoms with E-state index >= 15 is 17.6 Å². The molecule has 3 amide bonds. The Labute approximate surface area is 357 Å². The van der Waals surface area contributed by atoms with Crippen molar-refractivity contribution >= 4 is 45.4 Å². The lowest BCUT2D eigenvalue weighted by atomic mass is 9.85. The van der Waals surface area contributed by atoms with Gasteiger partial charge in [0.15, 0.2) is 5.82 Å². The van der Waals surface area contributed by atoms with Gasteiger partial charge in [-0.2, -0.15) is 0 Å². The largest absolute Gasteiger partial charge is 0.352 e. The van der Waals surface area contributed by atoms with Gasteiger partial charge < -0.3 is 30.0 Å². The van der Waals surface area contributed by atoms with Crippen molar-refractivity contribution in [1.82, 2.24) is 35.0 Å². The molecule has 0 aliphatic carbocycles. The zero-order valence-corrected chi connectivity index (χ0v) is 36.5. The molecule has 338 valence electrons. The summed E-state index contributed by atoms with van der Waals surface area (Å²) in [7, 11) is 1.61. The summed E-state index contributed by atoms with van der Waals surface area (Å²) in [4.78, 5) is 64.5. The number of nitrogens with one attached hydrogen (secondary N) is 3. The molecule has 0 saturated carbocycles. The van der Waals surface area contributed by atoms with Crippen LogP contribution in [0.4, 0.5) is 26.3 Å². The van der Waals surface area contributed by atoms with Crippen LogP contribution in [0.25, 0.3) is 33.5 Å². The summed E-state index contributed by atoms with van der Waals surface area (Å²) in [6.45, 7) is 10.0. The minimum Gasteiger partial charge on any atom is -0.352 e. The lowest BCUT2D eigenvalue weighted by Gasteiger charge is -2.36. The van der Waals surface area contributed by atoms with Crippen LogP contribution in [0.5, 0.6) is 0 Å². The number of nitrogens with zero attached hydrogens (tertiary/aromatic N) is 4. The van der Waals surface area contributed by atoms with Gasteiger partial charge in [-0.1, -0.05) is 41.5 Å². The maximum Gasteiger partial charge on any atom is 0.267 e. The normalized spacial score (nSPS) is 20.7. The molecule has 2 aliphatic rings. The highest BCUT2D eigenvalue weighted by Gasteiger charge is 2.51. The molecule has 6 rings (SSSR count). The Morgan fingerprint density at radius 2 is 1.50 bits per heavy atom. The van der Waals surface area contributed by atoms with Crippen LogP contribution in [0.2, 0.25) is 0 Å². The molecular formula is C45H57F6N7O4. The van der Waals surface area contributed by atoms with Crippen LogP contribution in [0.3, 0.4) is 0 Å². The van der Waals surface area contributed by atoms with E-state index in [1.54, 1.807) is 53.2 Å². The molecule has 6 atom stereocenters. The fourth-order valence-corrected chi connectivity index (χ4v) is 8.72. The molecule has 4 aromatic rings. The fraction of sp³-hybridized carbons (Fsp3) is 0.578. The number of fused-ring (bicyclic) bond motifs is 2. The van der Waals surface area contributed by atoms with Crippen molar-refractivity contribution < 1.29 is 45.5 Å². The van der Waals surface area contributed by atoms with Gasteiger partial charge in [-0.25, -0.2) is 31.3 Å². The van der Waals surface area contributed by atoms with Gasteiger partial charge in [0.2, 0.25) is 17.7 Å². The number of rotatable bonds is 15. The molecule has 2 aliphatic heterocycles. The third kappa shape index (κ3) is 9.66. The van der Waals surface area contributed by atoms with E-state index in [4.69, 9.17) is 4.98 Å². The Morgan fingerprint density at radius 3 is 2.11 bits per heavy atom. The second-order valence-electron chi connectivity index (χ2n) is 18.3. The number of ketones is 1. The van der Waals surface area contributed by atoms with Crippen LogP contribution in [-0.4, -0.2) is 104 Å². The Morgan fingerprint density at radius 1 is 0.887 bits per heavy atom. The summed E-state index contributed by atoms with van der Waals surface area (Å²) in [5, 5.41) is 6.07. The quantitative estimate of drug-likeness (QED) is 0.105. The van der Waals surface area contributed by atoms with Gasteiger partial charge in [-0.15, -0.1) is 0 Å². The minimum atomic E-state index is -3.31. The molecule has 0 spiro atoms. The van der Waals surface area contributed by atoms with Crippen molar-refractivity contribution in [2.24, 2.45) is 17.3 Å². The first-order valence-electron chi connectivity index (χ1n) is 21.3. The van der Waals surface area contributed by atoms with Gasteiger partial charge in [-0.3, -0.25) is 19.2 Å². The Balaban J connectivity index is 1.44. The van der Waals surface area contributed by atoms with Gasteiger partial charge in [0.1, 0.15) is 23.5 Å². The summed E-state index contributed by atoms with van der Waals surface area (Å²) in [5.74, 6) is -11.0. The molecule has 0 unspecified atom stereocenters. The number of halogens is 6. The highest BCUT2D eigenvalue weighted by molar-refractivity contribution is 5.93. The summed E-state index contributed by atoms with van der Waals surface area (Å²) < 4.78 is 93.2. The second kappa shape index (κ2) is 17.7. The van der Waals surface area contributed by atoms with E-state index in [2.05, 4.69) is 15.6 Å². The number of H-pyrrole nitrogens is 1. The van der Waals surface area contributed by atoms with E-state index in [0.717, 1.165) is 15.9 Å². The molecule has 2 aromatic carbocycles. The summed E-state index contributed by atoms with van der Waals surface area (Å²) in [5.41, 5.74) is 0.400. The lowest BCUT2D eigenvalue weighted by molar-refractivity contribution is -0.142. The van der Waals surface area contributed by atoms with E-state index in [1.165, 1.54) is 30.3 Å². The number of aromatic amines is 1. The van der Waals surface area contributed by atoms with Crippen LogP contribution >= 0.6 is 0 Å². The highest BCUT2D eigenvalue weighted by atomic mass is 19.3. The number of aromatic nitrogens is 3. The van der Waals surface area contributed by atoms with Gasteiger partial charge >= 0.3 is 0 Å². The third-order valence-corrected chi connectivity index (χ3v) is 12.6. The van der Waals surface area contributed by atoms with Crippen molar-refractivity contribution in [3.8, 4) is 11.5 Å². The minimum absolute atomic E-state index is 0.0815.